The number of rotatable bonds is 3. The van der Waals surface area contributed by atoms with E-state index in [0.717, 1.165) is 11.4 Å². The highest BCUT2D eigenvalue weighted by Crippen LogP contribution is 2.25. The summed E-state index contributed by atoms with van der Waals surface area (Å²) in [4.78, 5) is 0. The fourth-order valence-corrected chi connectivity index (χ4v) is 2.46. The molecule has 3 rings (SSSR count). The maximum atomic E-state index is 13.7. The Morgan fingerprint density at radius 1 is 1.10 bits per heavy atom. The Morgan fingerprint density at radius 3 is 2.57 bits per heavy atom. The smallest absolute Gasteiger partial charge is 0.137 e. The first kappa shape index (κ1) is 14.0. The number of benzene rings is 2. The predicted octanol–water partition coefficient (Wildman–Crippen LogP) is 3.82. The van der Waals surface area contributed by atoms with Crippen molar-refractivity contribution in [3.05, 3.63) is 82.3 Å². The molecule has 1 unspecified atom stereocenters. The van der Waals surface area contributed by atoms with E-state index in [-0.39, 0.29) is 5.82 Å². The van der Waals surface area contributed by atoms with Crippen molar-refractivity contribution in [1.82, 2.24) is 9.78 Å². The summed E-state index contributed by atoms with van der Waals surface area (Å²) in [6, 6.07) is 16.0. The third kappa shape index (κ3) is 2.75. The molecule has 0 saturated carbocycles. The van der Waals surface area contributed by atoms with Crippen LogP contribution >= 0.6 is 15.9 Å². The lowest BCUT2D eigenvalue weighted by atomic mass is 10.0. The summed E-state index contributed by atoms with van der Waals surface area (Å²) in [6.45, 7) is 0. The second-order valence-electron chi connectivity index (χ2n) is 4.65. The first-order chi connectivity index (χ1) is 10.2. The van der Waals surface area contributed by atoms with Gasteiger partial charge in [0.1, 0.15) is 5.82 Å². The number of hydrogen-bond donors (Lipinski definition) is 1. The second kappa shape index (κ2) is 5.79. The van der Waals surface area contributed by atoms with Crippen LogP contribution < -0.4 is 5.73 Å². The molecule has 3 aromatic rings. The molecule has 0 bridgehead atoms. The molecule has 106 valence electrons. The van der Waals surface area contributed by atoms with Gasteiger partial charge in [-0.3, -0.25) is 0 Å². The molecule has 5 heteroatoms. The van der Waals surface area contributed by atoms with Gasteiger partial charge in [-0.1, -0.05) is 24.3 Å². The largest absolute Gasteiger partial charge is 0.319 e. The lowest BCUT2D eigenvalue weighted by Gasteiger charge is -2.15. The molecule has 0 radical (unpaired) electrons. The third-order valence-corrected chi connectivity index (χ3v) is 3.94. The summed E-state index contributed by atoms with van der Waals surface area (Å²) in [6.07, 6.45) is 1.69. The van der Waals surface area contributed by atoms with Gasteiger partial charge in [0.05, 0.1) is 21.9 Å². The van der Waals surface area contributed by atoms with Crippen LogP contribution in [0.15, 0.2) is 65.3 Å². The normalized spacial score (nSPS) is 12.3. The minimum Gasteiger partial charge on any atom is -0.319 e. The summed E-state index contributed by atoms with van der Waals surface area (Å²) in [5.74, 6) is -0.325. The molecule has 0 saturated heterocycles. The zero-order valence-electron chi connectivity index (χ0n) is 11.1. The van der Waals surface area contributed by atoms with E-state index in [2.05, 4.69) is 21.0 Å². The van der Waals surface area contributed by atoms with Crippen molar-refractivity contribution in [2.45, 2.75) is 6.04 Å². The minimum atomic E-state index is -0.449. The maximum Gasteiger partial charge on any atom is 0.137 e. The van der Waals surface area contributed by atoms with Gasteiger partial charge in [0.15, 0.2) is 0 Å². The fraction of sp³-hybridized carbons (Fsp3) is 0.0625. The van der Waals surface area contributed by atoms with Crippen molar-refractivity contribution in [3.63, 3.8) is 0 Å². The van der Waals surface area contributed by atoms with Crippen molar-refractivity contribution < 1.29 is 4.39 Å². The molecule has 1 aromatic heterocycles. The van der Waals surface area contributed by atoms with Gasteiger partial charge in [-0.2, -0.15) is 5.10 Å². The molecule has 1 heterocycles. The second-order valence-corrected chi connectivity index (χ2v) is 5.51. The highest BCUT2D eigenvalue weighted by atomic mass is 79.9. The van der Waals surface area contributed by atoms with Gasteiger partial charge in [0, 0.05) is 6.20 Å². The van der Waals surface area contributed by atoms with E-state index in [4.69, 9.17) is 5.73 Å². The van der Waals surface area contributed by atoms with E-state index < -0.39 is 6.04 Å². The molecular formula is C16H13BrFN3. The summed E-state index contributed by atoms with van der Waals surface area (Å²) in [7, 11) is 0. The van der Waals surface area contributed by atoms with E-state index in [1.165, 1.54) is 6.07 Å². The van der Waals surface area contributed by atoms with Crippen molar-refractivity contribution in [2.24, 2.45) is 5.73 Å². The topological polar surface area (TPSA) is 43.8 Å². The van der Waals surface area contributed by atoms with Crippen LogP contribution in [0, 0.1) is 5.82 Å². The van der Waals surface area contributed by atoms with Gasteiger partial charge in [-0.25, -0.2) is 9.07 Å². The lowest BCUT2D eigenvalue weighted by molar-refractivity contribution is 0.615. The van der Waals surface area contributed by atoms with Crippen LogP contribution in [-0.4, -0.2) is 9.78 Å². The Balaban J connectivity index is 2.01. The molecule has 0 fully saturated rings. The molecular weight excluding hydrogens is 333 g/mol. The number of aromatic nitrogens is 2. The Kier molecular flexibility index (Phi) is 3.86. The Hall–Kier alpha value is -1.98. The van der Waals surface area contributed by atoms with Crippen molar-refractivity contribution in [2.75, 3.05) is 0 Å². The SMILES string of the molecule is NC(c1ccc(Br)c(F)c1)c1ccnn1-c1ccccc1. The number of nitrogens with two attached hydrogens (primary N) is 1. The van der Waals surface area contributed by atoms with Crippen LogP contribution in [0.3, 0.4) is 0 Å². The minimum absolute atomic E-state index is 0.325. The number of para-hydroxylation sites is 1. The van der Waals surface area contributed by atoms with Crippen LogP contribution in [0.25, 0.3) is 5.69 Å². The first-order valence-electron chi connectivity index (χ1n) is 6.46. The molecule has 0 aliphatic carbocycles. The molecule has 3 nitrogen and oxygen atoms in total. The molecule has 1 atom stereocenters. The number of hydrogen-bond acceptors (Lipinski definition) is 2. The highest BCUT2D eigenvalue weighted by molar-refractivity contribution is 9.10. The standard InChI is InChI=1S/C16H13BrFN3/c17-13-7-6-11(10-14(13)18)16(19)15-8-9-20-21(15)12-4-2-1-3-5-12/h1-10,16H,19H2. The highest BCUT2D eigenvalue weighted by Gasteiger charge is 2.16. The molecule has 0 amide bonds. The zero-order valence-corrected chi connectivity index (χ0v) is 12.7. The van der Waals surface area contributed by atoms with Gasteiger partial charge in [-0.15, -0.1) is 0 Å². The summed E-state index contributed by atoms with van der Waals surface area (Å²) < 4.78 is 15.9. The Morgan fingerprint density at radius 2 is 1.86 bits per heavy atom. The number of halogens is 2. The van der Waals surface area contributed by atoms with Crippen molar-refractivity contribution in [1.29, 1.82) is 0 Å². The van der Waals surface area contributed by atoms with Crippen LogP contribution in [0.1, 0.15) is 17.3 Å². The molecule has 0 aliphatic heterocycles. The average Bonchev–Trinajstić information content (AvgIpc) is 2.99. The third-order valence-electron chi connectivity index (χ3n) is 3.29. The molecule has 0 aliphatic rings. The maximum absolute atomic E-state index is 13.7. The summed E-state index contributed by atoms with van der Waals surface area (Å²) in [5, 5.41) is 4.31. The van der Waals surface area contributed by atoms with E-state index >= 15 is 0 Å². The van der Waals surface area contributed by atoms with Gasteiger partial charge in [0.25, 0.3) is 0 Å². The Bertz CT molecular complexity index is 755. The van der Waals surface area contributed by atoms with Crippen molar-refractivity contribution in [3.8, 4) is 5.69 Å². The monoisotopic (exact) mass is 345 g/mol. The average molecular weight is 346 g/mol. The van der Waals surface area contributed by atoms with Crippen LogP contribution in [0.4, 0.5) is 4.39 Å². The zero-order chi connectivity index (χ0) is 14.8. The van der Waals surface area contributed by atoms with E-state index in [9.17, 15) is 4.39 Å². The van der Waals surface area contributed by atoms with Crippen LogP contribution in [0.2, 0.25) is 0 Å². The van der Waals surface area contributed by atoms with Crippen LogP contribution in [-0.2, 0) is 0 Å². The molecule has 0 spiro atoms. The molecule has 2 N–H and O–H groups in total. The lowest BCUT2D eigenvalue weighted by Crippen LogP contribution is -2.17. The van der Waals surface area contributed by atoms with E-state index in [0.29, 0.717) is 10.0 Å². The Labute approximate surface area is 130 Å². The van der Waals surface area contributed by atoms with Crippen LogP contribution in [0.5, 0.6) is 0 Å². The summed E-state index contributed by atoms with van der Waals surface area (Å²) in [5.41, 5.74) is 8.71. The number of nitrogens with zero attached hydrogens (tertiary/aromatic N) is 2. The van der Waals surface area contributed by atoms with Gasteiger partial charge in [-0.05, 0) is 51.8 Å². The van der Waals surface area contributed by atoms with Gasteiger partial charge in [0.2, 0.25) is 0 Å². The summed E-state index contributed by atoms with van der Waals surface area (Å²) >= 11 is 3.15. The first-order valence-corrected chi connectivity index (χ1v) is 7.26. The predicted molar refractivity (Wildman–Crippen MR) is 83.7 cm³/mol. The van der Waals surface area contributed by atoms with Gasteiger partial charge >= 0.3 is 0 Å². The van der Waals surface area contributed by atoms with Gasteiger partial charge < -0.3 is 5.73 Å². The molecule has 2 aromatic carbocycles. The quantitative estimate of drug-likeness (QED) is 0.784. The van der Waals surface area contributed by atoms with E-state index in [1.807, 2.05) is 36.4 Å². The molecule has 21 heavy (non-hydrogen) atoms. The van der Waals surface area contributed by atoms with Crippen molar-refractivity contribution >= 4 is 15.9 Å². The fourth-order valence-electron chi connectivity index (χ4n) is 2.21. The van der Waals surface area contributed by atoms with E-state index in [1.54, 1.807) is 23.0 Å².